The molecule has 0 aliphatic heterocycles. The maximum absolute atomic E-state index is 5.30. The van der Waals surface area contributed by atoms with E-state index in [-0.39, 0.29) is 0 Å². The van der Waals surface area contributed by atoms with Crippen LogP contribution in [0.5, 0.6) is 0 Å². The fourth-order valence-electron chi connectivity index (χ4n) is 7.44. The lowest BCUT2D eigenvalue weighted by molar-refractivity contribution is 1.06. The van der Waals surface area contributed by atoms with Crippen LogP contribution in [0.1, 0.15) is 0 Å². The van der Waals surface area contributed by atoms with Crippen molar-refractivity contribution in [3.63, 3.8) is 0 Å². The molecule has 0 amide bonds. The van der Waals surface area contributed by atoms with Crippen molar-refractivity contribution in [2.24, 2.45) is 0 Å². The van der Waals surface area contributed by atoms with Crippen LogP contribution in [-0.4, -0.2) is 19.5 Å². The van der Waals surface area contributed by atoms with Gasteiger partial charge in [0.05, 0.1) is 16.7 Å². The summed E-state index contributed by atoms with van der Waals surface area (Å²) in [4.78, 5) is 15.7. The summed E-state index contributed by atoms with van der Waals surface area (Å²) in [7, 11) is 0. The van der Waals surface area contributed by atoms with Crippen LogP contribution in [0.3, 0.4) is 0 Å². The van der Waals surface area contributed by atoms with Gasteiger partial charge >= 0.3 is 0 Å². The van der Waals surface area contributed by atoms with E-state index in [4.69, 9.17) is 15.0 Å². The molecule has 2 aromatic heterocycles. The first-order valence-corrected chi connectivity index (χ1v) is 17.9. The Labute approximate surface area is 307 Å². The molecule has 8 aromatic carbocycles. The largest absolute Gasteiger partial charge is 0.309 e. The van der Waals surface area contributed by atoms with Crippen molar-refractivity contribution in [2.75, 3.05) is 0 Å². The highest BCUT2D eigenvalue weighted by atomic mass is 15.1. The number of hydrogen-bond acceptors (Lipinski definition) is 3. The van der Waals surface area contributed by atoms with Crippen molar-refractivity contribution >= 4 is 32.6 Å². The van der Waals surface area contributed by atoms with E-state index in [2.05, 4.69) is 168 Å². The zero-order chi connectivity index (χ0) is 35.1. The second kappa shape index (κ2) is 12.9. The number of nitrogens with zero attached hydrogens (tertiary/aromatic N) is 4. The zero-order valence-electron chi connectivity index (χ0n) is 28.8. The van der Waals surface area contributed by atoms with Crippen molar-refractivity contribution in [3.8, 4) is 62.1 Å². The van der Waals surface area contributed by atoms with Crippen LogP contribution in [0.2, 0.25) is 0 Å². The fraction of sp³-hybridized carbons (Fsp3) is 0. The van der Waals surface area contributed by atoms with Crippen LogP contribution in [0.15, 0.2) is 194 Å². The average Bonchev–Trinajstić information content (AvgIpc) is 3.58. The minimum Gasteiger partial charge on any atom is -0.309 e. The highest BCUT2D eigenvalue weighted by Gasteiger charge is 2.20. The predicted molar refractivity (Wildman–Crippen MR) is 219 cm³/mol. The average molecular weight is 677 g/mol. The van der Waals surface area contributed by atoms with E-state index in [1.165, 1.54) is 21.9 Å². The molecule has 0 saturated carbocycles. The monoisotopic (exact) mass is 676 g/mol. The summed E-state index contributed by atoms with van der Waals surface area (Å²) in [5.74, 6) is 1.87. The lowest BCUT2D eigenvalue weighted by Gasteiger charge is -2.16. The van der Waals surface area contributed by atoms with Gasteiger partial charge in [0.25, 0.3) is 0 Å². The Morgan fingerprint density at radius 3 is 1.34 bits per heavy atom. The summed E-state index contributed by atoms with van der Waals surface area (Å²) in [5.41, 5.74) is 10.7. The lowest BCUT2D eigenvalue weighted by Crippen LogP contribution is -2.04. The second-order valence-corrected chi connectivity index (χ2v) is 13.3. The molecule has 4 nitrogen and oxygen atoms in total. The van der Waals surface area contributed by atoms with Gasteiger partial charge in [0, 0.05) is 27.5 Å². The van der Waals surface area contributed by atoms with Gasteiger partial charge in [-0.1, -0.05) is 158 Å². The maximum atomic E-state index is 5.30. The summed E-state index contributed by atoms with van der Waals surface area (Å²) in [6.45, 7) is 0. The van der Waals surface area contributed by atoms with Crippen LogP contribution in [0.4, 0.5) is 0 Å². The summed E-state index contributed by atoms with van der Waals surface area (Å²) in [6, 6.07) is 68.1. The third-order valence-corrected chi connectivity index (χ3v) is 10.0. The van der Waals surface area contributed by atoms with Crippen LogP contribution >= 0.6 is 0 Å². The Bertz CT molecular complexity index is 2880. The molecule has 10 aromatic rings. The van der Waals surface area contributed by atoms with Crippen LogP contribution < -0.4 is 0 Å². The summed E-state index contributed by atoms with van der Waals surface area (Å²) < 4.78 is 2.35. The Morgan fingerprint density at radius 2 is 0.736 bits per heavy atom. The first kappa shape index (κ1) is 30.6. The van der Waals surface area contributed by atoms with Crippen LogP contribution in [0.25, 0.3) is 94.7 Å². The third kappa shape index (κ3) is 5.54. The summed E-state index contributed by atoms with van der Waals surface area (Å²) in [5, 5.41) is 4.70. The number of hydrogen-bond donors (Lipinski definition) is 0. The fourth-order valence-corrected chi connectivity index (χ4v) is 7.44. The molecule has 4 heteroatoms. The Hall–Kier alpha value is -7.17. The molecular weight excluding hydrogens is 645 g/mol. The van der Waals surface area contributed by atoms with E-state index >= 15 is 0 Å². The third-order valence-electron chi connectivity index (χ3n) is 10.0. The van der Waals surface area contributed by atoms with E-state index in [1.54, 1.807) is 0 Å². The van der Waals surface area contributed by atoms with Crippen molar-refractivity contribution in [3.05, 3.63) is 194 Å². The number of aromatic nitrogens is 4. The van der Waals surface area contributed by atoms with E-state index in [0.717, 1.165) is 55.3 Å². The van der Waals surface area contributed by atoms with Gasteiger partial charge in [-0.2, -0.15) is 0 Å². The SMILES string of the molecule is c1ccc(-c2ccc(-n3c4ccccc4c4ccccc43)c(-c3nc(-c4ccccc4)nc(-c4ccc5cc(-c6ccccc6)ccc5c4)n3)c2)cc1. The lowest BCUT2D eigenvalue weighted by atomic mass is 9.99. The molecule has 0 aliphatic carbocycles. The zero-order valence-corrected chi connectivity index (χ0v) is 28.8. The molecule has 2 heterocycles. The first-order valence-electron chi connectivity index (χ1n) is 17.9. The standard InChI is InChI=1S/C49H32N4/c1-4-14-33(15-5-1)36-24-25-38-31-40(27-26-37(38)30-36)48-50-47(35-18-8-3-9-19-35)51-49(52-48)43-32-39(34-16-6-2-7-17-34)28-29-46(43)53-44-22-12-10-20-41(44)42-21-11-13-23-45(42)53/h1-32H. The molecule has 0 spiro atoms. The van der Waals surface area contributed by atoms with Crippen molar-refractivity contribution in [1.82, 2.24) is 19.5 Å². The molecule has 0 radical (unpaired) electrons. The molecule has 0 unspecified atom stereocenters. The number of benzene rings is 8. The smallest absolute Gasteiger partial charge is 0.166 e. The van der Waals surface area contributed by atoms with Gasteiger partial charge in [0.2, 0.25) is 0 Å². The van der Waals surface area contributed by atoms with Gasteiger partial charge in [0.15, 0.2) is 17.5 Å². The van der Waals surface area contributed by atoms with Gasteiger partial charge in [-0.15, -0.1) is 0 Å². The summed E-state index contributed by atoms with van der Waals surface area (Å²) >= 11 is 0. The minimum atomic E-state index is 0.614. The Balaban J connectivity index is 1.21. The summed E-state index contributed by atoms with van der Waals surface area (Å²) in [6.07, 6.45) is 0. The molecule has 0 atom stereocenters. The molecule has 248 valence electrons. The second-order valence-electron chi connectivity index (χ2n) is 13.3. The molecule has 0 aliphatic rings. The van der Waals surface area contributed by atoms with Gasteiger partial charge in [-0.25, -0.2) is 15.0 Å². The van der Waals surface area contributed by atoms with Gasteiger partial charge < -0.3 is 4.57 Å². The molecular formula is C49H32N4. The number of rotatable bonds is 6. The first-order chi connectivity index (χ1) is 26.3. The highest BCUT2D eigenvalue weighted by molar-refractivity contribution is 6.09. The van der Waals surface area contributed by atoms with Crippen molar-refractivity contribution in [2.45, 2.75) is 0 Å². The van der Waals surface area contributed by atoms with Gasteiger partial charge in [-0.3, -0.25) is 0 Å². The topological polar surface area (TPSA) is 43.6 Å². The molecule has 0 fully saturated rings. The van der Waals surface area contributed by atoms with E-state index in [9.17, 15) is 0 Å². The van der Waals surface area contributed by atoms with Crippen LogP contribution in [-0.2, 0) is 0 Å². The van der Waals surface area contributed by atoms with Crippen molar-refractivity contribution < 1.29 is 0 Å². The Kier molecular flexibility index (Phi) is 7.43. The number of fused-ring (bicyclic) bond motifs is 4. The molecule has 0 N–H and O–H groups in total. The predicted octanol–water partition coefficient (Wildman–Crippen LogP) is 12.5. The van der Waals surface area contributed by atoms with Gasteiger partial charge in [-0.05, 0) is 69.4 Å². The van der Waals surface area contributed by atoms with Crippen molar-refractivity contribution in [1.29, 1.82) is 0 Å². The van der Waals surface area contributed by atoms with Crippen LogP contribution in [0, 0.1) is 0 Å². The molecule has 0 bridgehead atoms. The molecule has 0 saturated heterocycles. The molecule has 10 rings (SSSR count). The normalized spacial score (nSPS) is 11.4. The minimum absolute atomic E-state index is 0.614. The Morgan fingerprint density at radius 1 is 0.302 bits per heavy atom. The number of para-hydroxylation sites is 2. The quantitative estimate of drug-likeness (QED) is 0.176. The van der Waals surface area contributed by atoms with E-state index in [1.807, 2.05) is 30.3 Å². The van der Waals surface area contributed by atoms with Gasteiger partial charge in [0.1, 0.15) is 0 Å². The maximum Gasteiger partial charge on any atom is 0.166 e. The highest BCUT2D eigenvalue weighted by Crippen LogP contribution is 2.38. The molecule has 53 heavy (non-hydrogen) atoms. The van der Waals surface area contributed by atoms with E-state index < -0.39 is 0 Å². The van der Waals surface area contributed by atoms with E-state index in [0.29, 0.717) is 17.5 Å².